The normalized spacial score (nSPS) is 10.8. The van der Waals surface area contributed by atoms with Crippen molar-refractivity contribution in [1.29, 1.82) is 0 Å². The van der Waals surface area contributed by atoms with Gasteiger partial charge < -0.3 is 10.1 Å². The smallest absolute Gasteiger partial charge is 0.265 e. The Morgan fingerprint density at radius 1 is 1.00 bits per heavy atom. The summed E-state index contributed by atoms with van der Waals surface area (Å²) in [6.45, 7) is 3.70. The standard InChI is InChI=1S/C24H21N3O3/c1-15-13-18(27-16(2)25-22-10-5-4-9-20(22)24(27)29)11-12-21(15)26-23(28)17-7-6-8-19(14-17)30-3/h4-14H,1-3H3,(H,26,28). The fourth-order valence-electron chi connectivity index (χ4n) is 3.43. The Labute approximate surface area is 173 Å². The topological polar surface area (TPSA) is 73.2 Å². The Kier molecular flexibility index (Phi) is 5.06. The van der Waals surface area contributed by atoms with Gasteiger partial charge in [0.1, 0.15) is 11.6 Å². The van der Waals surface area contributed by atoms with Crippen molar-refractivity contribution in [2.45, 2.75) is 13.8 Å². The molecular formula is C24H21N3O3. The number of carbonyl (C=O) groups excluding carboxylic acids is 1. The van der Waals surface area contributed by atoms with E-state index in [-0.39, 0.29) is 11.5 Å². The number of aromatic nitrogens is 2. The number of aryl methyl sites for hydroxylation is 2. The lowest BCUT2D eigenvalue weighted by molar-refractivity contribution is 0.102. The molecule has 0 atom stereocenters. The Morgan fingerprint density at radius 3 is 2.57 bits per heavy atom. The van der Waals surface area contributed by atoms with Crippen molar-refractivity contribution in [3.8, 4) is 11.4 Å². The average molecular weight is 399 g/mol. The predicted molar refractivity (Wildman–Crippen MR) is 118 cm³/mol. The number of hydrogen-bond donors (Lipinski definition) is 1. The lowest BCUT2D eigenvalue weighted by atomic mass is 10.1. The molecule has 30 heavy (non-hydrogen) atoms. The van der Waals surface area contributed by atoms with E-state index in [1.165, 1.54) is 0 Å². The molecule has 4 aromatic rings. The molecule has 0 aliphatic carbocycles. The first kappa shape index (κ1) is 19.4. The monoisotopic (exact) mass is 399 g/mol. The Balaban J connectivity index is 1.68. The number of fused-ring (bicyclic) bond motifs is 1. The molecule has 0 aliphatic heterocycles. The van der Waals surface area contributed by atoms with Crippen LogP contribution in [0.25, 0.3) is 16.6 Å². The molecule has 0 saturated heterocycles. The largest absolute Gasteiger partial charge is 0.497 e. The average Bonchev–Trinajstić information content (AvgIpc) is 2.75. The number of methoxy groups -OCH3 is 1. The van der Waals surface area contributed by atoms with E-state index in [9.17, 15) is 9.59 Å². The number of ether oxygens (including phenoxy) is 1. The highest BCUT2D eigenvalue weighted by Gasteiger charge is 2.13. The first-order valence-electron chi connectivity index (χ1n) is 9.53. The van der Waals surface area contributed by atoms with Gasteiger partial charge in [-0.05, 0) is 67.9 Å². The third-order valence-electron chi connectivity index (χ3n) is 4.99. The first-order chi connectivity index (χ1) is 14.5. The van der Waals surface area contributed by atoms with E-state index in [2.05, 4.69) is 10.3 Å². The summed E-state index contributed by atoms with van der Waals surface area (Å²) in [5.41, 5.74) is 3.27. The molecule has 0 radical (unpaired) electrons. The van der Waals surface area contributed by atoms with Gasteiger partial charge in [-0.3, -0.25) is 14.2 Å². The molecule has 0 aliphatic rings. The highest BCUT2D eigenvalue weighted by Crippen LogP contribution is 2.21. The number of amides is 1. The third kappa shape index (κ3) is 3.55. The van der Waals surface area contributed by atoms with E-state index in [0.717, 1.165) is 5.56 Å². The number of hydrogen-bond acceptors (Lipinski definition) is 4. The van der Waals surface area contributed by atoms with Gasteiger partial charge in [0.25, 0.3) is 11.5 Å². The van der Waals surface area contributed by atoms with Crippen LogP contribution in [-0.2, 0) is 0 Å². The van der Waals surface area contributed by atoms with Crippen LogP contribution in [0.1, 0.15) is 21.7 Å². The molecule has 1 heterocycles. The molecule has 1 N–H and O–H groups in total. The molecule has 0 saturated carbocycles. The van der Waals surface area contributed by atoms with Gasteiger partial charge in [0.15, 0.2) is 0 Å². The summed E-state index contributed by atoms with van der Waals surface area (Å²) in [6.07, 6.45) is 0. The minimum Gasteiger partial charge on any atom is -0.497 e. The van der Waals surface area contributed by atoms with Crippen LogP contribution >= 0.6 is 0 Å². The number of anilines is 1. The van der Waals surface area contributed by atoms with Crippen LogP contribution in [0, 0.1) is 13.8 Å². The summed E-state index contributed by atoms with van der Waals surface area (Å²) in [6, 6.07) is 19.7. The zero-order valence-corrected chi connectivity index (χ0v) is 17.0. The van der Waals surface area contributed by atoms with Crippen molar-refractivity contribution in [3.63, 3.8) is 0 Å². The van der Waals surface area contributed by atoms with E-state index >= 15 is 0 Å². The SMILES string of the molecule is COc1cccc(C(=O)Nc2ccc(-n3c(C)nc4ccccc4c3=O)cc2C)c1. The van der Waals surface area contributed by atoms with Crippen LogP contribution in [-0.4, -0.2) is 22.6 Å². The number of rotatable bonds is 4. The fourth-order valence-corrected chi connectivity index (χ4v) is 3.43. The maximum absolute atomic E-state index is 13.0. The molecule has 0 unspecified atom stereocenters. The van der Waals surface area contributed by atoms with E-state index in [0.29, 0.717) is 39.4 Å². The summed E-state index contributed by atoms with van der Waals surface area (Å²) in [5.74, 6) is 0.991. The van der Waals surface area contributed by atoms with Crippen LogP contribution in [0.4, 0.5) is 5.69 Å². The summed E-state index contributed by atoms with van der Waals surface area (Å²) in [5, 5.41) is 3.48. The van der Waals surface area contributed by atoms with Crippen LogP contribution in [0.3, 0.4) is 0 Å². The quantitative estimate of drug-likeness (QED) is 0.556. The number of benzene rings is 3. The molecule has 1 amide bonds. The minimum absolute atomic E-state index is 0.120. The molecule has 0 fully saturated rings. The van der Waals surface area contributed by atoms with E-state index in [1.807, 2.05) is 38.1 Å². The second-order valence-corrected chi connectivity index (χ2v) is 7.00. The van der Waals surface area contributed by atoms with Crippen molar-refractivity contribution in [3.05, 3.63) is 94.0 Å². The third-order valence-corrected chi connectivity index (χ3v) is 4.99. The van der Waals surface area contributed by atoms with Gasteiger partial charge >= 0.3 is 0 Å². The highest BCUT2D eigenvalue weighted by molar-refractivity contribution is 6.04. The zero-order chi connectivity index (χ0) is 21.3. The van der Waals surface area contributed by atoms with Crippen LogP contribution in [0.5, 0.6) is 5.75 Å². The van der Waals surface area contributed by atoms with Gasteiger partial charge in [-0.15, -0.1) is 0 Å². The van der Waals surface area contributed by atoms with E-state index in [4.69, 9.17) is 4.74 Å². The highest BCUT2D eigenvalue weighted by atomic mass is 16.5. The first-order valence-corrected chi connectivity index (χ1v) is 9.53. The van der Waals surface area contributed by atoms with Crippen molar-refractivity contribution < 1.29 is 9.53 Å². The van der Waals surface area contributed by atoms with E-state index in [1.54, 1.807) is 54.1 Å². The summed E-state index contributed by atoms with van der Waals surface area (Å²) in [4.78, 5) is 30.2. The molecular weight excluding hydrogens is 378 g/mol. The number of nitrogens with zero attached hydrogens (tertiary/aromatic N) is 2. The molecule has 150 valence electrons. The zero-order valence-electron chi connectivity index (χ0n) is 17.0. The van der Waals surface area contributed by atoms with E-state index < -0.39 is 0 Å². The van der Waals surface area contributed by atoms with Gasteiger partial charge in [0.2, 0.25) is 0 Å². The summed E-state index contributed by atoms with van der Waals surface area (Å²) >= 11 is 0. The molecule has 6 nitrogen and oxygen atoms in total. The fraction of sp³-hybridized carbons (Fsp3) is 0.125. The lowest BCUT2D eigenvalue weighted by Gasteiger charge is -2.14. The molecule has 0 spiro atoms. The van der Waals surface area contributed by atoms with Crippen LogP contribution < -0.4 is 15.6 Å². The minimum atomic E-state index is -0.231. The van der Waals surface area contributed by atoms with Gasteiger partial charge in [-0.2, -0.15) is 0 Å². The molecule has 6 heteroatoms. The Morgan fingerprint density at radius 2 is 1.80 bits per heavy atom. The van der Waals surface area contributed by atoms with Crippen molar-refractivity contribution in [1.82, 2.24) is 9.55 Å². The molecule has 1 aromatic heterocycles. The lowest BCUT2D eigenvalue weighted by Crippen LogP contribution is -2.22. The predicted octanol–water partition coefficient (Wildman–Crippen LogP) is 4.26. The maximum Gasteiger partial charge on any atom is 0.265 e. The Bertz CT molecular complexity index is 1330. The second-order valence-electron chi connectivity index (χ2n) is 7.00. The molecule has 3 aromatic carbocycles. The number of carbonyl (C=O) groups is 1. The number of para-hydroxylation sites is 1. The van der Waals surface area contributed by atoms with Crippen LogP contribution in [0.15, 0.2) is 71.5 Å². The van der Waals surface area contributed by atoms with Gasteiger partial charge in [-0.1, -0.05) is 18.2 Å². The van der Waals surface area contributed by atoms with Gasteiger partial charge in [0, 0.05) is 11.3 Å². The molecule has 0 bridgehead atoms. The van der Waals surface area contributed by atoms with Gasteiger partial charge in [0.05, 0.1) is 23.7 Å². The number of nitrogens with one attached hydrogen (secondary N) is 1. The molecule has 4 rings (SSSR count). The second kappa shape index (κ2) is 7.83. The van der Waals surface area contributed by atoms with Crippen molar-refractivity contribution >= 4 is 22.5 Å². The summed E-state index contributed by atoms with van der Waals surface area (Å²) in [7, 11) is 1.56. The maximum atomic E-state index is 13.0. The van der Waals surface area contributed by atoms with Crippen molar-refractivity contribution in [2.75, 3.05) is 12.4 Å². The Hall–Kier alpha value is -3.93. The van der Waals surface area contributed by atoms with Crippen LogP contribution in [0.2, 0.25) is 0 Å². The summed E-state index contributed by atoms with van der Waals surface area (Å²) < 4.78 is 6.76. The van der Waals surface area contributed by atoms with Gasteiger partial charge in [-0.25, -0.2) is 4.98 Å². The van der Waals surface area contributed by atoms with Crippen molar-refractivity contribution in [2.24, 2.45) is 0 Å².